The third-order valence-corrected chi connectivity index (χ3v) is 5.11. The standard InChI is InChI=1S/C22H21BrClN3O5/c1-22(2,3)21-26-16-6-5-13(23)8-15(16)20(30)27(21)25-10-12-7-14(24)9-17(31-4)19(12)32-11-18(28)29/h5-10H,11H2,1-4H3,(H,28,29). The number of carboxylic acid groups (broad SMARTS) is 1. The highest BCUT2D eigenvalue weighted by molar-refractivity contribution is 9.10. The minimum Gasteiger partial charge on any atom is -0.493 e. The monoisotopic (exact) mass is 521 g/mol. The summed E-state index contributed by atoms with van der Waals surface area (Å²) in [4.78, 5) is 28.9. The molecule has 32 heavy (non-hydrogen) atoms. The molecule has 0 radical (unpaired) electrons. The topological polar surface area (TPSA) is 103 Å². The predicted molar refractivity (Wildman–Crippen MR) is 127 cm³/mol. The molecule has 1 aromatic heterocycles. The number of ether oxygens (including phenoxy) is 2. The third kappa shape index (κ3) is 5.11. The molecular formula is C22H21BrClN3O5. The summed E-state index contributed by atoms with van der Waals surface area (Å²) in [5.41, 5.74) is 0.0625. The molecule has 168 valence electrons. The van der Waals surface area contributed by atoms with Gasteiger partial charge in [-0.25, -0.2) is 9.78 Å². The van der Waals surface area contributed by atoms with Gasteiger partial charge in [-0.3, -0.25) is 4.79 Å². The predicted octanol–water partition coefficient (Wildman–Crippen LogP) is 4.46. The molecule has 0 fully saturated rings. The molecule has 2 aromatic carbocycles. The molecule has 0 aliphatic heterocycles. The summed E-state index contributed by atoms with van der Waals surface area (Å²) in [5.74, 6) is -0.315. The van der Waals surface area contributed by atoms with Crippen molar-refractivity contribution in [3.8, 4) is 11.5 Å². The smallest absolute Gasteiger partial charge is 0.341 e. The lowest BCUT2D eigenvalue weighted by molar-refractivity contribution is -0.139. The third-order valence-electron chi connectivity index (χ3n) is 4.40. The van der Waals surface area contributed by atoms with Gasteiger partial charge in [0.2, 0.25) is 0 Å². The number of carbonyl (C=O) groups is 1. The molecule has 0 saturated carbocycles. The van der Waals surface area contributed by atoms with Crippen molar-refractivity contribution >= 4 is 50.6 Å². The van der Waals surface area contributed by atoms with E-state index in [1.807, 2.05) is 26.8 Å². The lowest BCUT2D eigenvalue weighted by Crippen LogP contribution is -2.29. The number of benzene rings is 2. The van der Waals surface area contributed by atoms with Crippen LogP contribution in [0.3, 0.4) is 0 Å². The summed E-state index contributed by atoms with van der Waals surface area (Å²) in [6.07, 6.45) is 1.37. The number of hydrogen-bond donors (Lipinski definition) is 1. The molecule has 0 aliphatic carbocycles. The highest BCUT2D eigenvalue weighted by atomic mass is 79.9. The van der Waals surface area contributed by atoms with Crippen molar-refractivity contribution < 1.29 is 19.4 Å². The second-order valence-electron chi connectivity index (χ2n) is 7.92. The van der Waals surface area contributed by atoms with Gasteiger partial charge in [-0.2, -0.15) is 9.78 Å². The first-order valence-electron chi connectivity index (χ1n) is 9.50. The number of nitrogens with zero attached hydrogens (tertiary/aromatic N) is 3. The van der Waals surface area contributed by atoms with E-state index in [2.05, 4.69) is 26.0 Å². The van der Waals surface area contributed by atoms with Gasteiger partial charge >= 0.3 is 5.97 Å². The Labute approximate surface area is 197 Å². The SMILES string of the molecule is COc1cc(Cl)cc(C=Nn2c(C(C)(C)C)nc3ccc(Br)cc3c2=O)c1OCC(=O)O. The van der Waals surface area contributed by atoms with Crippen molar-refractivity contribution in [3.63, 3.8) is 0 Å². The number of fused-ring (bicyclic) bond motifs is 1. The Balaban J connectivity index is 2.22. The van der Waals surface area contributed by atoms with E-state index in [0.717, 1.165) is 4.47 Å². The van der Waals surface area contributed by atoms with Gasteiger partial charge in [-0.05, 0) is 24.3 Å². The van der Waals surface area contributed by atoms with Crippen LogP contribution in [0.25, 0.3) is 10.9 Å². The van der Waals surface area contributed by atoms with E-state index < -0.39 is 18.0 Å². The van der Waals surface area contributed by atoms with Crippen LogP contribution in [-0.4, -0.2) is 40.7 Å². The second-order valence-corrected chi connectivity index (χ2v) is 9.27. The molecule has 3 rings (SSSR count). The molecular weight excluding hydrogens is 502 g/mol. The molecule has 0 amide bonds. The fourth-order valence-electron chi connectivity index (χ4n) is 2.99. The zero-order valence-corrected chi connectivity index (χ0v) is 20.2. The maximum atomic E-state index is 13.3. The molecule has 0 aliphatic rings. The normalized spacial score (nSPS) is 11.8. The van der Waals surface area contributed by atoms with Crippen LogP contribution in [0, 0.1) is 0 Å². The largest absolute Gasteiger partial charge is 0.493 e. The Hall–Kier alpha value is -2.91. The number of halogens is 2. The maximum absolute atomic E-state index is 13.3. The zero-order chi connectivity index (χ0) is 23.6. The van der Waals surface area contributed by atoms with Gasteiger partial charge in [0, 0.05) is 26.5 Å². The minimum absolute atomic E-state index is 0.143. The lowest BCUT2D eigenvalue weighted by Gasteiger charge is -2.21. The zero-order valence-electron chi connectivity index (χ0n) is 17.8. The van der Waals surface area contributed by atoms with Crippen molar-refractivity contribution in [1.82, 2.24) is 9.66 Å². The molecule has 10 heteroatoms. The van der Waals surface area contributed by atoms with Gasteiger partial charge in [0.15, 0.2) is 18.1 Å². The van der Waals surface area contributed by atoms with Crippen LogP contribution >= 0.6 is 27.5 Å². The average molecular weight is 523 g/mol. The Morgan fingerprint density at radius 3 is 2.66 bits per heavy atom. The molecule has 0 unspecified atom stereocenters. The molecule has 0 atom stereocenters. The van der Waals surface area contributed by atoms with Crippen molar-refractivity contribution in [2.45, 2.75) is 26.2 Å². The molecule has 1 heterocycles. The summed E-state index contributed by atoms with van der Waals surface area (Å²) < 4.78 is 12.6. The summed E-state index contributed by atoms with van der Waals surface area (Å²) in [6.45, 7) is 5.19. The van der Waals surface area contributed by atoms with Crippen LogP contribution in [-0.2, 0) is 10.2 Å². The van der Waals surface area contributed by atoms with Crippen LogP contribution in [0.5, 0.6) is 11.5 Å². The van der Waals surface area contributed by atoms with Gasteiger partial charge in [0.1, 0.15) is 5.82 Å². The van der Waals surface area contributed by atoms with Crippen LogP contribution in [0.2, 0.25) is 5.02 Å². The molecule has 0 bridgehead atoms. The first-order valence-corrected chi connectivity index (χ1v) is 10.7. The van der Waals surface area contributed by atoms with Crippen molar-refractivity contribution in [1.29, 1.82) is 0 Å². The Kier molecular flexibility index (Phi) is 6.90. The minimum atomic E-state index is -1.15. The molecule has 0 saturated heterocycles. The van der Waals surface area contributed by atoms with Gasteiger partial charge in [-0.1, -0.05) is 48.3 Å². The van der Waals surface area contributed by atoms with E-state index in [1.54, 1.807) is 12.1 Å². The number of rotatable bonds is 6. The summed E-state index contributed by atoms with van der Waals surface area (Å²) in [5, 5.41) is 14.1. The van der Waals surface area contributed by atoms with E-state index >= 15 is 0 Å². The number of methoxy groups -OCH3 is 1. The molecule has 8 nitrogen and oxygen atoms in total. The van der Waals surface area contributed by atoms with E-state index in [0.29, 0.717) is 27.3 Å². The fourth-order valence-corrected chi connectivity index (χ4v) is 3.56. The van der Waals surface area contributed by atoms with Gasteiger partial charge < -0.3 is 14.6 Å². The molecule has 0 spiro atoms. The quantitative estimate of drug-likeness (QED) is 0.479. The summed E-state index contributed by atoms with van der Waals surface area (Å²) >= 11 is 9.56. The van der Waals surface area contributed by atoms with Gasteiger partial charge in [-0.15, -0.1) is 0 Å². The van der Waals surface area contributed by atoms with Crippen LogP contribution in [0.15, 0.2) is 44.7 Å². The van der Waals surface area contributed by atoms with Crippen molar-refractivity contribution in [2.24, 2.45) is 5.10 Å². The average Bonchev–Trinajstić information content (AvgIpc) is 2.71. The van der Waals surface area contributed by atoms with Gasteiger partial charge in [0.05, 0.1) is 24.2 Å². The Morgan fingerprint density at radius 1 is 1.31 bits per heavy atom. The molecule has 1 N–H and O–H groups in total. The lowest BCUT2D eigenvalue weighted by atomic mass is 9.95. The van der Waals surface area contributed by atoms with E-state index in [4.69, 9.17) is 26.2 Å². The first-order chi connectivity index (χ1) is 15.0. The van der Waals surface area contributed by atoms with Crippen molar-refractivity contribution in [2.75, 3.05) is 13.7 Å². The highest BCUT2D eigenvalue weighted by Gasteiger charge is 2.23. The van der Waals surface area contributed by atoms with Crippen LogP contribution in [0.4, 0.5) is 0 Å². The summed E-state index contributed by atoms with van der Waals surface area (Å²) in [6, 6.07) is 8.31. The fraction of sp³-hybridized carbons (Fsp3) is 0.273. The number of carboxylic acids is 1. The Bertz CT molecular complexity index is 1280. The highest BCUT2D eigenvalue weighted by Crippen LogP contribution is 2.34. The second kappa shape index (κ2) is 9.30. The van der Waals surface area contributed by atoms with E-state index in [-0.39, 0.29) is 17.1 Å². The maximum Gasteiger partial charge on any atom is 0.341 e. The Morgan fingerprint density at radius 2 is 2.03 bits per heavy atom. The number of aliphatic carboxylic acids is 1. The number of aromatic nitrogens is 2. The number of hydrogen-bond acceptors (Lipinski definition) is 6. The molecule has 3 aromatic rings. The summed E-state index contributed by atoms with van der Waals surface area (Å²) in [7, 11) is 1.41. The van der Waals surface area contributed by atoms with Gasteiger partial charge in [0.25, 0.3) is 5.56 Å². The van der Waals surface area contributed by atoms with Crippen LogP contribution in [0.1, 0.15) is 32.2 Å². The van der Waals surface area contributed by atoms with Crippen LogP contribution < -0.4 is 15.0 Å². The van der Waals surface area contributed by atoms with E-state index in [1.165, 1.54) is 30.1 Å². The van der Waals surface area contributed by atoms with E-state index in [9.17, 15) is 9.59 Å². The van der Waals surface area contributed by atoms with Crippen molar-refractivity contribution in [3.05, 3.63) is 61.6 Å². The first kappa shape index (κ1) is 23.7.